The molecule has 0 fully saturated rings. The number of hydrogen-bond donors (Lipinski definition) is 2. The topological polar surface area (TPSA) is 24.1 Å². The lowest BCUT2D eigenvalue weighted by Crippen LogP contribution is -2.56. The van der Waals surface area contributed by atoms with Gasteiger partial charge in [-0.25, -0.2) is 0 Å². The Morgan fingerprint density at radius 1 is 0.750 bits per heavy atom. The molecule has 0 amide bonds. The molecule has 0 aliphatic rings. The third kappa shape index (κ3) is 8.12. The second-order valence-corrected chi connectivity index (χ2v) is 7.94. The highest BCUT2D eigenvalue weighted by molar-refractivity contribution is 4.89. The summed E-state index contributed by atoms with van der Waals surface area (Å²) in [6, 6.07) is 0.478. The van der Waals surface area contributed by atoms with Crippen LogP contribution >= 0.6 is 0 Å². The Labute approximate surface area is 103 Å². The van der Waals surface area contributed by atoms with Gasteiger partial charge in [0, 0.05) is 23.7 Å². The average molecular weight is 228 g/mol. The Balaban J connectivity index is 4.47. The van der Waals surface area contributed by atoms with Gasteiger partial charge in [-0.15, -0.1) is 0 Å². The molecule has 98 valence electrons. The lowest BCUT2D eigenvalue weighted by Gasteiger charge is -2.39. The van der Waals surface area contributed by atoms with E-state index in [9.17, 15) is 0 Å². The molecule has 0 aliphatic carbocycles. The molecule has 0 heterocycles. The quantitative estimate of drug-likeness (QED) is 0.775. The van der Waals surface area contributed by atoms with Gasteiger partial charge in [0.15, 0.2) is 0 Å². The van der Waals surface area contributed by atoms with Crippen molar-refractivity contribution in [1.82, 2.24) is 10.6 Å². The number of rotatable bonds is 3. The second kappa shape index (κ2) is 5.05. The van der Waals surface area contributed by atoms with Crippen molar-refractivity contribution in [2.45, 2.75) is 79.4 Å². The SMILES string of the molecule is CC(C)(C)NC[C@H](NC(C)(C)C)C(C)(C)C. The van der Waals surface area contributed by atoms with E-state index in [-0.39, 0.29) is 16.5 Å². The molecule has 0 radical (unpaired) electrons. The Bertz CT molecular complexity index is 200. The highest BCUT2D eigenvalue weighted by Gasteiger charge is 2.28. The molecule has 2 heteroatoms. The summed E-state index contributed by atoms with van der Waals surface area (Å²) in [5.41, 5.74) is 0.617. The molecular weight excluding hydrogens is 196 g/mol. The first-order chi connectivity index (χ1) is 6.81. The van der Waals surface area contributed by atoms with Crippen molar-refractivity contribution in [3.63, 3.8) is 0 Å². The van der Waals surface area contributed by atoms with Crippen molar-refractivity contribution in [1.29, 1.82) is 0 Å². The van der Waals surface area contributed by atoms with E-state index in [0.717, 1.165) is 6.54 Å². The summed E-state index contributed by atoms with van der Waals surface area (Å²) in [5, 5.41) is 7.29. The Kier molecular flexibility index (Phi) is 5.03. The van der Waals surface area contributed by atoms with Crippen molar-refractivity contribution in [2.24, 2.45) is 5.41 Å². The number of nitrogens with one attached hydrogen (secondary N) is 2. The van der Waals surface area contributed by atoms with E-state index >= 15 is 0 Å². The van der Waals surface area contributed by atoms with Gasteiger partial charge < -0.3 is 10.6 Å². The zero-order valence-electron chi connectivity index (χ0n) is 12.8. The van der Waals surface area contributed by atoms with Crippen LogP contribution in [-0.4, -0.2) is 23.7 Å². The van der Waals surface area contributed by atoms with Crippen LogP contribution in [0.2, 0.25) is 0 Å². The smallest absolute Gasteiger partial charge is 0.0245 e. The molecule has 0 bridgehead atoms. The van der Waals surface area contributed by atoms with Gasteiger partial charge >= 0.3 is 0 Å². The molecule has 0 aromatic rings. The van der Waals surface area contributed by atoms with Gasteiger partial charge in [0.1, 0.15) is 0 Å². The Hall–Kier alpha value is -0.0800. The van der Waals surface area contributed by atoms with Crippen molar-refractivity contribution in [3.05, 3.63) is 0 Å². The first kappa shape index (κ1) is 15.9. The van der Waals surface area contributed by atoms with Crippen LogP contribution in [0.3, 0.4) is 0 Å². The maximum atomic E-state index is 3.71. The molecule has 0 aromatic carbocycles. The number of hydrogen-bond acceptors (Lipinski definition) is 2. The van der Waals surface area contributed by atoms with Crippen LogP contribution in [0, 0.1) is 5.41 Å². The minimum Gasteiger partial charge on any atom is -0.311 e. The molecule has 0 spiro atoms. The summed E-state index contributed by atoms with van der Waals surface area (Å²) in [4.78, 5) is 0. The van der Waals surface area contributed by atoms with E-state index in [1.54, 1.807) is 0 Å². The van der Waals surface area contributed by atoms with Crippen molar-refractivity contribution < 1.29 is 0 Å². The van der Waals surface area contributed by atoms with Crippen molar-refractivity contribution >= 4 is 0 Å². The van der Waals surface area contributed by atoms with Gasteiger partial charge in [-0.2, -0.15) is 0 Å². The highest BCUT2D eigenvalue weighted by atomic mass is 15.1. The Morgan fingerprint density at radius 3 is 1.44 bits per heavy atom. The van der Waals surface area contributed by atoms with E-state index in [4.69, 9.17) is 0 Å². The van der Waals surface area contributed by atoms with Gasteiger partial charge in [-0.1, -0.05) is 20.8 Å². The normalized spacial score (nSPS) is 16.3. The molecule has 16 heavy (non-hydrogen) atoms. The molecule has 0 saturated heterocycles. The first-order valence-electron chi connectivity index (χ1n) is 6.34. The molecule has 0 aromatic heterocycles. The fourth-order valence-electron chi connectivity index (χ4n) is 1.50. The zero-order valence-corrected chi connectivity index (χ0v) is 12.8. The third-order valence-electron chi connectivity index (χ3n) is 2.49. The van der Waals surface area contributed by atoms with E-state index in [0.29, 0.717) is 6.04 Å². The van der Waals surface area contributed by atoms with Crippen LogP contribution in [0.4, 0.5) is 0 Å². The second-order valence-electron chi connectivity index (χ2n) is 7.94. The summed E-state index contributed by atoms with van der Waals surface area (Å²) >= 11 is 0. The van der Waals surface area contributed by atoms with Gasteiger partial charge in [0.2, 0.25) is 0 Å². The lowest BCUT2D eigenvalue weighted by molar-refractivity contribution is 0.202. The Morgan fingerprint density at radius 2 is 1.19 bits per heavy atom. The highest BCUT2D eigenvalue weighted by Crippen LogP contribution is 2.21. The predicted octanol–water partition coefficient (Wildman–Crippen LogP) is 3.18. The summed E-state index contributed by atoms with van der Waals surface area (Å²) < 4.78 is 0. The monoisotopic (exact) mass is 228 g/mol. The van der Waals surface area contributed by atoms with Crippen LogP contribution in [0.25, 0.3) is 0 Å². The average Bonchev–Trinajstić information content (AvgIpc) is 1.91. The van der Waals surface area contributed by atoms with Gasteiger partial charge in [-0.3, -0.25) is 0 Å². The molecule has 0 saturated carbocycles. The maximum absolute atomic E-state index is 3.71. The van der Waals surface area contributed by atoms with Crippen molar-refractivity contribution in [2.75, 3.05) is 6.54 Å². The van der Waals surface area contributed by atoms with Crippen LogP contribution < -0.4 is 10.6 Å². The minimum atomic E-state index is 0.164. The first-order valence-corrected chi connectivity index (χ1v) is 6.34. The van der Waals surface area contributed by atoms with E-state index < -0.39 is 0 Å². The molecule has 1 atom stereocenters. The maximum Gasteiger partial charge on any atom is 0.0245 e. The molecule has 0 unspecified atom stereocenters. The summed E-state index contributed by atoms with van der Waals surface area (Å²) in [6.07, 6.45) is 0. The third-order valence-corrected chi connectivity index (χ3v) is 2.49. The van der Waals surface area contributed by atoms with Crippen LogP contribution in [-0.2, 0) is 0 Å². The van der Waals surface area contributed by atoms with Crippen LogP contribution in [0.15, 0.2) is 0 Å². The summed E-state index contributed by atoms with van der Waals surface area (Å²) in [7, 11) is 0. The summed E-state index contributed by atoms with van der Waals surface area (Å²) in [6.45, 7) is 21.2. The fraction of sp³-hybridized carbons (Fsp3) is 1.00. The molecule has 0 rings (SSSR count). The molecule has 0 aliphatic heterocycles. The van der Waals surface area contributed by atoms with Crippen molar-refractivity contribution in [3.8, 4) is 0 Å². The van der Waals surface area contributed by atoms with Gasteiger partial charge in [0.25, 0.3) is 0 Å². The van der Waals surface area contributed by atoms with Gasteiger partial charge in [-0.05, 0) is 47.0 Å². The van der Waals surface area contributed by atoms with Crippen LogP contribution in [0.5, 0.6) is 0 Å². The predicted molar refractivity (Wildman–Crippen MR) is 73.9 cm³/mol. The van der Waals surface area contributed by atoms with Crippen LogP contribution in [0.1, 0.15) is 62.3 Å². The van der Waals surface area contributed by atoms with E-state index in [1.807, 2.05) is 0 Å². The van der Waals surface area contributed by atoms with E-state index in [1.165, 1.54) is 0 Å². The molecule has 2 N–H and O–H groups in total. The standard InChI is InChI=1S/C14H32N2/c1-12(2,3)11(16-14(7,8)9)10-15-13(4,5)6/h11,15-16H,10H2,1-9H3/t11-/m0/s1. The fourth-order valence-corrected chi connectivity index (χ4v) is 1.50. The van der Waals surface area contributed by atoms with Gasteiger partial charge in [0.05, 0.1) is 0 Å². The minimum absolute atomic E-state index is 0.164. The van der Waals surface area contributed by atoms with E-state index in [2.05, 4.69) is 72.9 Å². The molecular formula is C14H32N2. The zero-order chi connectivity index (χ0) is 13.2. The lowest BCUT2D eigenvalue weighted by atomic mass is 9.84. The molecule has 2 nitrogen and oxygen atoms in total. The summed E-state index contributed by atoms with van der Waals surface area (Å²) in [5.74, 6) is 0. The largest absolute Gasteiger partial charge is 0.311 e.